The number of hydrogen-bond donors (Lipinski definition) is 2. The molecule has 6 nitrogen and oxygen atoms in total. The molecule has 2 rings (SSSR count). The van der Waals surface area contributed by atoms with Crippen LogP contribution in [0, 0.1) is 6.92 Å². The van der Waals surface area contributed by atoms with Gasteiger partial charge in [0.05, 0.1) is 6.54 Å². The minimum absolute atomic E-state index is 0.330. The van der Waals surface area contributed by atoms with Crippen LogP contribution in [0.1, 0.15) is 17.3 Å². The van der Waals surface area contributed by atoms with Gasteiger partial charge in [0.1, 0.15) is 10.8 Å². The van der Waals surface area contributed by atoms with Gasteiger partial charge >= 0.3 is 0 Å². The van der Waals surface area contributed by atoms with E-state index in [1.165, 1.54) is 0 Å². The van der Waals surface area contributed by atoms with Gasteiger partial charge in [-0.05, 0) is 19.1 Å². The smallest absolute Gasteiger partial charge is 0.245 e. The average molecular weight is 249 g/mol. The number of aryl methyl sites for hydroxylation is 1. The Hall–Kier alpha value is -2.02. The van der Waals surface area contributed by atoms with Crippen molar-refractivity contribution in [2.75, 3.05) is 5.32 Å². The van der Waals surface area contributed by atoms with Gasteiger partial charge in [0.15, 0.2) is 5.82 Å². The Morgan fingerprint density at radius 1 is 1.53 bits per heavy atom. The van der Waals surface area contributed by atoms with Crippen molar-refractivity contribution in [1.29, 1.82) is 0 Å². The minimum atomic E-state index is 0.330. The lowest BCUT2D eigenvalue weighted by atomic mass is 10.3. The van der Waals surface area contributed by atoms with Gasteiger partial charge in [-0.2, -0.15) is 4.98 Å². The molecule has 0 aliphatic rings. The molecule has 0 unspecified atom stereocenters. The van der Waals surface area contributed by atoms with Crippen LogP contribution in [0.2, 0.25) is 0 Å². The Labute approximate surface area is 103 Å². The van der Waals surface area contributed by atoms with Gasteiger partial charge in [-0.3, -0.25) is 0 Å². The van der Waals surface area contributed by atoms with Crippen molar-refractivity contribution >= 4 is 23.0 Å². The molecule has 3 N–H and O–H groups in total. The summed E-state index contributed by atoms with van der Waals surface area (Å²) in [6, 6.07) is 3.59. The molecule has 2 heterocycles. The summed E-state index contributed by atoms with van der Waals surface area (Å²) in [4.78, 5) is 8.55. The Balaban J connectivity index is 1.97. The molecule has 0 saturated carbocycles. The first kappa shape index (κ1) is 11.5. The number of rotatable bonds is 4. The average Bonchev–Trinajstić information content (AvgIpc) is 2.73. The summed E-state index contributed by atoms with van der Waals surface area (Å²) in [5, 5.41) is 6.74. The number of pyridine rings is 1. The van der Waals surface area contributed by atoms with Crippen LogP contribution in [-0.4, -0.2) is 20.1 Å². The van der Waals surface area contributed by atoms with Crippen LogP contribution in [0.25, 0.3) is 0 Å². The van der Waals surface area contributed by atoms with Crippen LogP contribution < -0.4 is 11.1 Å². The zero-order valence-electron chi connectivity index (χ0n) is 9.17. The maximum atomic E-state index is 5.47. The lowest BCUT2D eigenvalue weighted by Crippen LogP contribution is -2.10. The van der Waals surface area contributed by atoms with Crippen LogP contribution >= 0.6 is 12.2 Å². The zero-order valence-corrected chi connectivity index (χ0v) is 9.99. The molecule has 0 spiro atoms. The van der Waals surface area contributed by atoms with Gasteiger partial charge in [0.25, 0.3) is 0 Å². The Kier molecular flexibility index (Phi) is 3.29. The van der Waals surface area contributed by atoms with Crippen LogP contribution in [-0.2, 0) is 6.54 Å². The summed E-state index contributed by atoms with van der Waals surface area (Å²) in [5.41, 5.74) is 6.20. The fourth-order valence-corrected chi connectivity index (χ4v) is 1.34. The van der Waals surface area contributed by atoms with E-state index in [2.05, 4.69) is 20.4 Å². The molecule has 0 radical (unpaired) electrons. The highest BCUT2D eigenvalue weighted by molar-refractivity contribution is 7.80. The van der Waals surface area contributed by atoms with Gasteiger partial charge in [0, 0.05) is 11.8 Å². The quantitative estimate of drug-likeness (QED) is 0.782. The van der Waals surface area contributed by atoms with Crippen molar-refractivity contribution in [2.45, 2.75) is 13.5 Å². The molecule has 0 bridgehead atoms. The van der Waals surface area contributed by atoms with Gasteiger partial charge in [-0.15, -0.1) is 0 Å². The van der Waals surface area contributed by atoms with Gasteiger partial charge < -0.3 is 15.6 Å². The van der Waals surface area contributed by atoms with E-state index in [1.54, 1.807) is 25.3 Å². The number of hydrogen-bond acceptors (Lipinski definition) is 6. The number of anilines is 1. The van der Waals surface area contributed by atoms with E-state index >= 15 is 0 Å². The number of aromatic nitrogens is 3. The molecule has 0 aromatic carbocycles. The topological polar surface area (TPSA) is 89.9 Å². The van der Waals surface area contributed by atoms with Crippen LogP contribution in [0.5, 0.6) is 0 Å². The van der Waals surface area contributed by atoms with E-state index in [4.69, 9.17) is 22.5 Å². The van der Waals surface area contributed by atoms with Crippen molar-refractivity contribution in [3.8, 4) is 0 Å². The lowest BCUT2D eigenvalue weighted by molar-refractivity contribution is 0.379. The third kappa shape index (κ3) is 2.97. The van der Waals surface area contributed by atoms with Gasteiger partial charge in [0.2, 0.25) is 5.89 Å². The molecule has 2 aromatic rings. The van der Waals surface area contributed by atoms with Crippen molar-refractivity contribution in [2.24, 2.45) is 5.73 Å². The Morgan fingerprint density at radius 2 is 2.35 bits per heavy atom. The first-order valence-corrected chi connectivity index (χ1v) is 5.35. The second kappa shape index (κ2) is 4.88. The number of nitrogens with one attached hydrogen (secondary N) is 1. The Morgan fingerprint density at radius 3 is 2.88 bits per heavy atom. The molecule has 0 atom stereocenters. The molecule has 0 amide bonds. The third-order valence-electron chi connectivity index (χ3n) is 2.04. The van der Waals surface area contributed by atoms with Crippen LogP contribution in [0.4, 0.5) is 5.82 Å². The van der Waals surface area contributed by atoms with E-state index in [-0.39, 0.29) is 0 Å². The highest BCUT2D eigenvalue weighted by atomic mass is 32.1. The standard InChI is InChI=1S/C10H11N5OS/c1-6-14-9(16-15-6)5-13-8-3-2-7(4-12-8)10(11)17/h2-4H,5H2,1H3,(H2,11,17)(H,12,13). The predicted octanol–water partition coefficient (Wildman–Crippen LogP) is 1.02. The lowest BCUT2D eigenvalue weighted by Gasteiger charge is -2.03. The van der Waals surface area contributed by atoms with Crippen LogP contribution in [0.15, 0.2) is 22.9 Å². The monoisotopic (exact) mass is 249 g/mol. The van der Waals surface area contributed by atoms with Gasteiger partial charge in [-0.25, -0.2) is 4.98 Å². The summed E-state index contributed by atoms with van der Waals surface area (Å²) in [7, 11) is 0. The number of nitrogens with zero attached hydrogens (tertiary/aromatic N) is 3. The van der Waals surface area contributed by atoms with Crippen molar-refractivity contribution in [3.63, 3.8) is 0 Å². The predicted molar refractivity (Wildman–Crippen MR) is 66.5 cm³/mol. The van der Waals surface area contributed by atoms with Crippen LogP contribution in [0.3, 0.4) is 0 Å². The van der Waals surface area contributed by atoms with E-state index in [9.17, 15) is 0 Å². The fourth-order valence-electron chi connectivity index (χ4n) is 1.22. The maximum absolute atomic E-state index is 5.47. The fraction of sp³-hybridized carbons (Fsp3) is 0.200. The van der Waals surface area contributed by atoms with E-state index in [0.717, 1.165) is 5.56 Å². The zero-order chi connectivity index (χ0) is 12.3. The Bertz CT molecular complexity index is 522. The minimum Gasteiger partial charge on any atom is -0.389 e. The summed E-state index contributed by atoms with van der Waals surface area (Å²) >= 11 is 4.83. The molecule has 7 heteroatoms. The second-order valence-electron chi connectivity index (χ2n) is 3.39. The summed E-state index contributed by atoms with van der Waals surface area (Å²) in [6.45, 7) is 2.20. The first-order chi connectivity index (χ1) is 8.15. The maximum Gasteiger partial charge on any atom is 0.245 e. The molecule has 0 aliphatic carbocycles. The van der Waals surface area contributed by atoms with E-state index in [0.29, 0.717) is 29.1 Å². The second-order valence-corrected chi connectivity index (χ2v) is 3.83. The molecule has 17 heavy (non-hydrogen) atoms. The van der Waals surface area contributed by atoms with E-state index < -0.39 is 0 Å². The highest BCUT2D eigenvalue weighted by Gasteiger charge is 2.03. The molecule has 0 aliphatic heterocycles. The normalized spacial score (nSPS) is 10.2. The van der Waals surface area contributed by atoms with Crippen molar-refractivity contribution in [3.05, 3.63) is 35.6 Å². The number of thiocarbonyl (C=S) groups is 1. The summed E-state index contributed by atoms with van der Waals surface area (Å²) < 4.78 is 4.96. The molecule has 0 saturated heterocycles. The first-order valence-electron chi connectivity index (χ1n) is 4.94. The molecule has 88 valence electrons. The van der Waals surface area contributed by atoms with E-state index in [1.807, 2.05) is 0 Å². The van der Waals surface area contributed by atoms with Crippen molar-refractivity contribution in [1.82, 2.24) is 15.1 Å². The third-order valence-corrected chi connectivity index (χ3v) is 2.27. The molecule has 2 aromatic heterocycles. The number of nitrogens with two attached hydrogens (primary N) is 1. The molecular formula is C10H11N5OS. The molecular weight excluding hydrogens is 238 g/mol. The summed E-state index contributed by atoms with van der Waals surface area (Å²) in [6.07, 6.45) is 1.61. The highest BCUT2D eigenvalue weighted by Crippen LogP contribution is 2.06. The SMILES string of the molecule is Cc1noc(CNc2ccc(C(N)=S)cn2)n1. The van der Waals surface area contributed by atoms with Gasteiger partial charge in [-0.1, -0.05) is 17.4 Å². The van der Waals surface area contributed by atoms with Crippen molar-refractivity contribution < 1.29 is 4.52 Å². The summed E-state index contributed by atoms with van der Waals surface area (Å²) in [5.74, 6) is 1.82. The largest absolute Gasteiger partial charge is 0.389 e. The molecule has 0 fully saturated rings.